The van der Waals surface area contributed by atoms with Crippen molar-refractivity contribution >= 4 is 63.8 Å². The van der Waals surface area contributed by atoms with E-state index in [-0.39, 0.29) is 5.69 Å². The average Bonchev–Trinajstić information content (AvgIpc) is 3.62. The average molecular weight is 620 g/mol. The van der Waals surface area contributed by atoms with E-state index in [1.165, 1.54) is 16.9 Å². The second kappa shape index (κ2) is 10.2. The Balaban J connectivity index is 1.35. The summed E-state index contributed by atoms with van der Waals surface area (Å²) in [6.07, 6.45) is -3.17. The lowest BCUT2D eigenvalue weighted by molar-refractivity contribution is -0.137. The number of rotatable bonds is 5. The number of imide groups is 1. The van der Waals surface area contributed by atoms with E-state index in [2.05, 4.69) is 5.32 Å². The van der Waals surface area contributed by atoms with Gasteiger partial charge in [-0.2, -0.15) is 13.2 Å². The van der Waals surface area contributed by atoms with Gasteiger partial charge in [-0.15, -0.1) is 0 Å². The number of thioether (sulfide) groups is 1. The lowest BCUT2D eigenvalue weighted by Gasteiger charge is -2.29. The lowest BCUT2D eigenvalue weighted by Crippen LogP contribution is -2.32. The van der Waals surface area contributed by atoms with Gasteiger partial charge in [0.05, 0.1) is 39.3 Å². The Labute approximate surface area is 242 Å². The van der Waals surface area contributed by atoms with Crippen LogP contribution in [0.3, 0.4) is 0 Å². The molecule has 4 aromatic rings. The first-order valence-corrected chi connectivity index (χ1v) is 14.1. The Kier molecular flexibility index (Phi) is 6.83. The normalized spacial score (nSPS) is 20.2. The molecule has 2 aromatic heterocycles. The molecule has 14 heteroatoms. The molecule has 210 valence electrons. The minimum Gasteiger partial charge on any atom is -0.469 e. The highest BCUT2D eigenvalue weighted by atomic mass is 35.5. The van der Waals surface area contributed by atoms with Gasteiger partial charge in [0.2, 0.25) is 17.7 Å². The molecule has 2 aromatic carbocycles. The van der Waals surface area contributed by atoms with Crippen LogP contribution >= 0.6 is 34.7 Å². The van der Waals surface area contributed by atoms with Crippen molar-refractivity contribution in [3.05, 3.63) is 97.8 Å². The Morgan fingerprint density at radius 3 is 2.46 bits per heavy atom. The monoisotopic (exact) mass is 619 g/mol. The van der Waals surface area contributed by atoms with Gasteiger partial charge in [-0.3, -0.25) is 23.7 Å². The molecule has 1 fully saturated rings. The van der Waals surface area contributed by atoms with Gasteiger partial charge < -0.3 is 9.73 Å². The van der Waals surface area contributed by atoms with Crippen molar-refractivity contribution in [2.24, 2.45) is 5.92 Å². The Morgan fingerprint density at radius 2 is 1.78 bits per heavy atom. The minimum atomic E-state index is -4.59. The molecule has 0 radical (unpaired) electrons. The van der Waals surface area contributed by atoms with Crippen LogP contribution in [-0.2, 0) is 27.1 Å². The fourth-order valence-corrected chi connectivity index (χ4v) is 7.87. The number of furan rings is 1. The molecule has 8 nitrogen and oxygen atoms in total. The second-order valence-electron chi connectivity index (χ2n) is 9.30. The minimum absolute atomic E-state index is 0.0849. The zero-order valence-electron chi connectivity index (χ0n) is 20.6. The largest absolute Gasteiger partial charge is 0.469 e. The van der Waals surface area contributed by atoms with E-state index in [1.807, 2.05) is 0 Å². The Morgan fingerprint density at radius 1 is 1.02 bits per heavy atom. The molecule has 41 heavy (non-hydrogen) atoms. The number of carbonyl (C=O) groups is 3. The summed E-state index contributed by atoms with van der Waals surface area (Å²) in [4.78, 5) is 54.4. The van der Waals surface area contributed by atoms with Gasteiger partial charge in [0.1, 0.15) is 17.6 Å². The van der Waals surface area contributed by atoms with Gasteiger partial charge in [-0.1, -0.05) is 40.8 Å². The van der Waals surface area contributed by atoms with E-state index in [1.54, 1.807) is 36.4 Å². The number of hydrogen-bond acceptors (Lipinski definition) is 7. The predicted octanol–water partition coefficient (Wildman–Crippen LogP) is 5.61. The summed E-state index contributed by atoms with van der Waals surface area (Å²) in [6, 6.07) is 13.7. The number of thiazole rings is 1. The predicted molar refractivity (Wildman–Crippen MR) is 146 cm³/mol. The SMILES string of the molecule is O=C(Cn1c2c(sc1=O)[C@@H](c1ccco1)[C@@H]1C(=O)N(c3ccc(Cl)cc3)C(=O)[C@@H]1S2)Nc1cccc(C(F)(F)F)c1. The fourth-order valence-electron chi connectivity index (χ4n) is 4.99. The number of anilines is 2. The summed E-state index contributed by atoms with van der Waals surface area (Å²) in [5, 5.41) is 2.23. The summed E-state index contributed by atoms with van der Waals surface area (Å²) in [7, 11) is 0. The summed E-state index contributed by atoms with van der Waals surface area (Å²) >= 11 is 7.82. The highest BCUT2D eigenvalue weighted by molar-refractivity contribution is 8.00. The lowest BCUT2D eigenvalue weighted by atomic mass is 9.87. The summed E-state index contributed by atoms with van der Waals surface area (Å²) in [6.45, 7) is -0.515. The number of amides is 3. The van der Waals surface area contributed by atoms with Crippen molar-refractivity contribution in [2.75, 3.05) is 10.2 Å². The van der Waals surface area contributed by atoms with E-state index in [9.17, 15) is 32.3 Å². The molecule has 1 saturated heterocycles. The molecule has 0 spiro atoms. The van der Waals surface area contributed by atoms with Crippen molar-refractivity contribution in [3.8, 4) is 0 Å². The topological polar surface area (TPSA) is 102 Å². The van der Waals surface area contributed by atoms with Crippen molar-refractivity contribution in [1.29, 1.82) is 0 Å². The molecule has 0 saturated carbocycles. The molecule has 0 bridgehead atoms. The first-order chi connectivity index (χ1) is 19.5. The van der Waals surface area contributed by atoms with Crippen molar-refractivity contribution in [3.63, 3.8) is 0 Å². The highest BCUT2D eigenvalue weighted by Crippen LogP contribution is 2.54. The van der Waals surface area contributed by atoms with E-state index >= 15 is 0 Å². The number of alkyl halides is 3. The number of benzene rings is 2. The summed E-state index contributed by atoms with van der Waals surface area (Å²) in [5.74, 6) is -2.97. The van der Waals surface area contributed by atoms with Crippen LogP contribution in [0, 0.1) is 5.92 Å². The van der Waals surface area contributed by atoms with E-state index in [0.29, 0.717) is 26.4 Å². The number of fused-ring (bicyclic) bond motifs is 2. The summed E-state index contributed by atoms with van der Waals surface area (Å²) in [5.41, 5.74) is -0.671. The Hall–Kier alpha value is -3.81. The van der Waals surface area contributed by atoms with Crippen LogP contribution in [0.4, 0.5) is 24.5 Å². The zero-order chi connectivity index (χ0) is 29.1. The smallest absolute Gasteiger partial charge is 0.416 e. The first-order valence-electron chi connectivity index (χ1n) is 12.1. The quantitative estimate of drug-likeness (QED) is 0.292. The van der Waals surface area contributed by atoms with Gasteiger partial charge in [-0.25, -0.2) is 4.90 Å². The maximum atomic E-state index is 13.7. The van der Waals surface area contributed by atoms with Crippen LogP contribution in [0.15, 0.2) is 81.2 Å². The third-order valence-corrected chi connectivity index (χ3v) is 9.61. The number of nitrogens with zero attached hydrogens (tertiary/aromatic N) is 2. The number of aromatic nitrogens is 1. The van der Waals surface area contributed by atoms with Crippen molar-refractivity contribution in [2.45, 2.75) is 28.9 Å². The van der Waals surface area contributed by atoms with Crippen LogP contribution in [-0.4, -0.2) is 27.5 Å². The van der Waals surface area contributed by atoms with Gasteiger partial charge in [0.15, 0.2) is 0 Å². The van der Waals surface area contributed by atoms with Crippen LogP contribution in [0.5, 0.6) is 0 Å². The standard InChI is InChI=1S/C27H17ClF3N3O5S2/c28-14-6-8-16(9-7-14)34-23(36)20-19(17-5-2-10-39-17)22-25(40-21(20)24(34)37)33(26(38)41-22)12-18(35)32-15-4-1-3-13(11-15)27(29,30)31/h1-11,19-21H,12H2,(H,32,35)/t19-,20-,21+/m0/s1. The summed E-state index contributed by atoms with van der Waals surface area (Å²) < 4.78 is 46.1. The number of nitrogens with one attached hydrogen (secondary N) is 1. The maximum Gasteiger partial charge on any atom is 0.416 e. The molecule has 6 rings (SSSR count). The zero-order valence-corrected chi connectivity index (χ0v) is 22.9. The molecular weight excluding hydrogens is 603 g/mol. The third kappa shape index (κ3) is 4.87. The molecule has 3 atom stereocenters. The molecule has 4 heterocycles. The fraction of sp³-hybridized carbons (Fsp3) is 0.185. The van der Waals surface area contributed by atoms with Crippen LogP contribution < -0.4 is 15.1 Å². The Bertz CT molecular complexity index is 1730. The van der Waals surface area contributed by atoms with Gasteiger partial charge >= 0.3 is 11.0 Å². The van der Waals surface area contributed by atoms with Gasteiger partial charge in [0.25, 0.3) is 0 Å². The van der Waals surface area contributed by atoms with Crippen molar-refractivity contribution in [1.82, 2.24) is 4.57 Å². The number of carbonyl (C=O) groups excluding carboxylic acids is 3. The van der Waals surface area contributed by atoms with Gasteiger partial charge in [-0.05, 0) is 54.6 Å². The van der Waals surface area contributed by atoms with Crippen LogP contribution in [0.25, 0.3) is 0 Å². The van der Waals surface area contributed by atoms with Crippen LogP contribution in [0.1, 0.15) is 22.1 Å². The first kappa shape index (κ1) is 27.4. The molecule has 3 amide bonds. The molecule has 0 aliphatic carbocycles. The highest BCUT2D eigenvalue weighted by Gasteiger charge is 2.57. The maximum absolute atomic E-state index is 13.7. The second-order valence-corrected chi connectivity index (χ2v) is 11.9. The van der Waals surface area contributed by atoms with E-state index in [4.69, 9.17) is 16.0 Å². The molecule has 2 aliphatic heterocycles. The number of hydrogen-bond donors (Lipinski definition) is 1. The number of halogens is 4. The van der Waals surface area contributed by atoms with E-state index < -0.39 is 58.0 Å². The molecular formula is C27H17ClF3N3O5S2. The van der Waals surface area contributed by atoms with Crippen molar-refractivity contribution < 1.29 is 32.0 Å². The van der Waals surface area contributed by atoms with E-state index in [0.717, 1.165) is 46.2 Å². The third-order valence-electron chi connectivity index (χ3n) is 6.76. The van der Waals surface area contributed by atoms with Crippen LogP contribution in [0.2, 0.25) is 5.02 Å². The molecule has 1 N–H and O–H groups in total. The molecule has 0 unspecified atom stereocenters. The molecule has 2 aliphatic rings. The van der Waals surface area contributed by atoms with Gasteiger partial charge in [0, 0.05) is 10.7 Å².